The van der Waals surface area contributed by atoms with Crippen LogP contribution in [0.1, 0.15) is 12.5 Å². The van der Waals surface area contributed by atoms with E-state index < -0.39 is 0 Å². The number of hydrogen-bond donors (Lipinski definition) is 0. The molecule has 0 amide bonds. The van der Waals surface area contributed by atoms with Gasteiger partial charge in [-0.15, -0.1) is 0 Å². The molecule has 0 bridgehead atoms. The van der Waals surface area contributed by atoms with Gasteiger partial charge in [0.25, 0.3) is 0 Å². The van der Waals surface area contributed by atoms with Gasteiger partial charge in [0.2, 0.25) is 0 Å². The summed E-state index contributed by atoms with van der Waals surface area (Å²) in [5.41, 5.74) is 1.32. The molecule has 1 heterocycles. The highest BCUT2D eigenvalue weighted by atomic mass is 16.5. The number of benzene rings is 1. The standard InChI is InChI=1S/C11H13NO/c1-9-11(12-8-13-9)7-10-5-3-2-4-6-10/h2-6,8-9,11H,7H2,1H3. The molecule has 1 aromatic carbocycles. The summed E-state index contributed by atoms with van der Waals surface area (Å²) >= 11 is 0. The van der Waals surface area contributed by atoms with Crippen molar-refractivity contribution in [3.8, 4) is 0 Å². The summed E-state index contributed by atoms with van der Waals surface area (Å²) in [5.74, 6) is 0. The topological polar surface area (TPSA) is 21.6 Å². The molecule has 2 nitrogen and oxygen atoms in total. The maximum absolute atomic E-state index is 5.25. The molecule has 1 aromatic rings. The summed E-state index contributed by atoms with van der Waals surface area (Å²) in [6.45, 7) is 2.06. The molecule has 68 valence electrons. The minimum absolute atomic E-state index is 0.222. The Morgan fingerprint density at radius 1 is 1.31 bits per heavy atom. The highest BCUT2D eigenvalue weighted by Crippen LogP contribution is 2.14. The molecule has 1 aliphatic heterocycles. The Morgan fingerprint density at radius 2 is 2.08 bits per heavy atom. The smallest absolute Gasteiger partial charge is 0.170 e. The lowest BCUT2D eigenvalue weighted by atomic mass is 10.0. The van der Waals surface area contributed by atoms with Crippen molar-refractivity contribution in [2.75, 3.05) is 0 Å². The first kappa shape index (κ1) is 8.30. The first-order valence-corrected chi connectivity index (χ1v) is 4.57. The average Bonchev–Trinajstić information content (AvgIpc) is 2.54. The van der Waals surface area contributed by atoms with Crippen molar-refractivity contribution in [3.05, 3.63) is 35.9 Å². The Bertz CT molecular complexity index is 294. The van der Waals surface area contributed by atoms with Crippen LogP contribution < -0.4 is 0 Å². The lowest BCUT2D eigenvalue weighted by molar-refractivity contribution is 0.220. The highest BCUT2D eigenvalue weighted by Gasteiger charge is 2.21. The molecule has 0 spiro atoms. The van der Waals surface area contributed by atoms with Crippen LogP contribution in [0.15, 0.2) is 35.3 Å². The molecule has 0 saturated heterocycles. The molecule has 0 aliphatic carbocycles. The van der Waals surface area contributed by atoms with E-state index in [1.165, 1.54) is 5.56 Å². The van der Waals surface area contributed by atoms with Crippen molar-refractivity contribution in [1.82, 2.24) is 0 Å². The zero-order valence-corrected chi connectivity index (χ0v) is 7.68. The van der Waals surface area contributed by atoms with Crippen LogP contribution in [0.3, 0.4) is 0 Å². The van der Waals surface area contributed by atoms with Crippen molar-refractivity contribution in [3.63, 3.8) is 0 Å². The Labute approximate surface area is 78.3 Å². The maximum atomic E-state index is 5.25. The number of aliphatic imine (C=N–C) groups is 1. The fourth-order valence-electron chi connectivity index (χ4n) is 1.50. The normalized spacial score (nSPS) is 25.9. The van der Waals surface area contributed by atoms with Crippen LogP contribution in [-0.2, 0) is 11.2 Å². The zero-order valence-electron chi connectivity index (χ0n) is 7.68. The van der Waals surface area contributed by atoms with Crippen molar-refractivity contribution >= 4 is 6.40 Å². The van der Waals surface area contributed by atoms with Crippen molar-refractivity contribution < 1.29 is 4.74 Å². The van der Waals surface area contributed by atoms with Crippen molar-refractivity contribution in [1.29, 1.82) is 0 Å². The third-order valence-electron chi connectivity index (χ3n) is 2.36. The fraction of sp³-hybridized carbons (Fsp3) is 0.364. The summed E-state index contributed by atoms with van der Waals surface area (Å²) < 4.78 is 5.25. The van der Waals surface area contributed by atoms with Crippen molar-refractivity contribution in [2.24, 2.45) is 4.99 Å². The highest BCUT2D eigenvalue weighted by molar-refractivity contribution is 5.50. The van der Waals surface area contributed by atoms with Crippen molar-refractivity contribution in [2.45, 2.75) is 25.5 Å². The number of hydrogen-bond acceptors (Lipinski definition) is 2. The van der Waals surface area contributed by atoms with Gasteiger partial charge in [-0.3, -0.25) is 4.99 Å². The molecule has 2 unspecified atom stereocenters. The molecule has 0 fully saturated rings. The zero-order chi connectivity index (χ0) is 9.10. The molecular weight excluding hydrogens is 162 g/mol. The average molecular weight is 175 g/mol. The van der Waals surface area contributed by atoms with Crippen LogP contribution in [0.25, 0.3) is 0 Å². The van der Waals surface area contributed by atoms with E-state index in [1.54, 1.807) is 6.40 Å². The van der Waals surface area contributed by atoms with Gasteiger partial charge in [0.1, 0.15) is 6.10 Å². The summed E-state index contributed by atoms with van der Waals surface area (Å²) in [7, 11) is 0. The predicted octanol–water partition coefficient (Wildman–Crippen LogP) is 2.04. The lowest BCUT2D eigenvalue weighted by Crippen LogP contribution is -2.20. The summed E-state index contributed by atoms with van der Waals surface area (Å²) in [5, 5.41) is 0. The van der Waals surface area contributed by atoms with E-state index in [1.807, 2.05) is 6.07 Å². The second-order valence-corrected chi connectivity index (χ2v) is 3.35. The molecule has 0 aromatic heterocycles. The van der Waals surface area contributed by atoms with Crippen LogP contribution in [-0.4, -0.2) is 18.5 Å². The Kier molecular flexibility index (Phi) is 2.30. The van der Waals surface area contributed by atoms with Gasteiger partial charge in [0.15, 0.2) is 6.40 Å². The lowest BCUT2D eigenvalue weighted by Gasteiger charge is -2.11. The quantitative estimate of drug-likeness (QED) is 0.674. The second-order valence-electron chi connectivity index (χ2n) is 3.35. The molecular formula is C11H13NO. The predicted molar refractivity (Wildman–Crippen MR) is 53.0 cm³/mol. The maximum Gasteiger partial charge on any atom is 0.170 e. The molecule has 2 rings (SSSR count). The van der Waals surface area contributed by atoms with E-state index in [9.17, 15) is 0 Å². The molecule has 1 aliphatic rings. The largest absolute Gasteiger partial charge is 0.478 e. The van der Waals surface area contributed by atoms with Gasteiger partial charge in [0, 0.05) is 0 Å². The summed E-state index contributed by atoms with van der Waals surface area (Å²) in [6, 6.07) is 10.7. The molecule has 0 saturated carbocycles. The minimum Gasteiger partial charge on any atom is -0.478 e. The first-order valence-electron chi connectivity index (χ1n) is 4.57. The molecule has 2 atom stereocenters. The van der Waals surface area contributed by atoms with E-state index >= 15 is 0 Å². The summed E-state index contributed by atoms with van der Waals surface area (Å²) in [4.78, 5) is 4.26. The third-order valence-corrected chi connectivity index (χ3v) is 2.36. The Morgan fingerprint density at radius 3 is 2.69 bits per heavy atom. The van der Waals surface area contributed by atoms with Gasteiger partial charge in [-0.1, -0.05) is 30.3 Å². The van der Waals surface area contributed by atoms with Crippen LogP contribution >= 0.6 is 0 Å². The van der Waals surface area contributed by atoms with Crippen LogP contribution in [0.5, 0.6) is 0 Å². The molecule has 2 heteroatoms. The van der Waals surface area contributed by atoms with Crippen LogP contribution in [0.2, 0.25) is 0 Å². The van der Waals surface area contributed by atoms with Crippen LogP contribution in [0.4, 0.5) is 0 Å². The van der Waals surface area contributed by atoms with Gasteiger partial charge in [-0.05, 0) is 18.9 Å². The monoisotopic (exact) mass is 175 g/mol. The number of nitrogens with zero attached hydrogens (tertiary/aromatic N) is 1. The second kappa shape index (κ2) is 3.60. The minimum atomic E-state index is 0.222. The van der Waals surface area contributed by atoms with Gasteiger partial charge in [-0.25, -0.2) is 0 Å². The number of ether oxygens (including phenoxy) is 1. The number of rotatable bonds is 2. The van der Waals surface area contributed by atoms with E-state index in [4.69, 9.17) is 4.74 Å². The molecule has 13 heavy (non-hydrogen) atoms. The SMILES string of the molecule is CC1OC=NC1Cc1ccccc1. The van der Waals surface area contributed by atoms with E-state index in [-0.39, 0.29) is 6.10 Å². The molecule has 0 N–H and O–H groups in total. The Hall–Kier alpha value is -1.31. The Balaban J connectivity index is 2.02. The van der Waals surface area contributed by atoms with Crippen LogP contribution in [0, 0.1) is 0 Å². The van der Waals surface area contributed by atoms with Gasteiger partial charge >= 0.3 is 0 Å². The van der Waals surface area contributed by atoms with E-state index in [0.29, 0.717) is 6.04 Å². The third kappa shape index (κ3) is 1.89. The van der Waals surface area contributed by atoms with E-state index in [2.05, 4.69) is 36.2 Å². The summed E-state index contributed by atoms with van der Waals surface area (Å²) in [6.07, 6.45) is 2.76. The first-order chi connectivity index (χ1) is 6.36. The van der Waals surface area contributed by atoms with Gasteiger partial charge < -0.3 is 4.74 Å². The van der Waals surface area contributed by atoms with Gasteiger partial charge in [0.05, 0.1) is 6.04 Å². The van der Waals surface area contributed by atoms with E-state index in [0.717, 1.165) is 6.42 Å². The van der Waals surface area contributed by atoms with Gasteiger partial charge in [-0.2, -0.15) is 0 Å². The molecule has 0 radical (unpaired) electrons. The fourth-order valence-corrected chi connectivity index (χ4v) is 1.50.